The Bertz CT molecular complexity index is 288. The number of hydrogen-bond acceptors (Lipinski definition) is 3. The van der Waals surface area contributed by atoms with Crippen molar-refractivity contribution in [3.8, 4) is 0 Å². The van der Waals surface area contributed by atoms with Gasteiger partial charge in [0, 0.05) is 32.8 Å². The van der Waals surface area contributed by atoms with Crippen molar-refractivity contribution < 1.29 is 9.53 Å². The van der Waals surface area contributed by atoms with E-state index < -0.39 is 0 Å². The quantitative estimate of drug-likeness (QED) is 0.394. The second kappa shape index (κ2) is 9.61. The number of ether oxygens (including phenoxy) is 1. The standard InChI is InChI=1S/C13H26N4O2/c1-3-14-13(15-7-10-19-4-2)16-11-12(18)17-8-5-6-9-17/h3-11H2,1-2H3,(H2,14,15,16). The number of aliphatic imine (C=N–C) groups is 1. The third-order valence-electron chi connectivity index (χ3n) is 2.92. The monoisotopic (exact) mass is 270 g/mol. The molecule has 0 aromatic rings. The van der Waals surface area contributed by atoms with Crippen LogP contribution in [0.1, 0.15) is 26.7 Å². The van der Waals surface area contributed by atoms with E-state index in [4.69, 9.17) is 4.74 Å². The van der Waals surface area contributed by atoms with Gasteiger partial charge < -0.3 is 20.3 Å². The number of nitrogens with zero attached hydrogens (tertiary/aromatic N) is 2. The zero-order valence-electron chi connectivity index (χ0n) is 12.1. The first-order valence-corrected chi connectivity index (χ1v) is 7.15. The molecule has 19 heavy (non-hydrogen) atoms. The van der Waals surface area contributed by atoms with E-state index in [9.17, 15) is 4.79 Å². The molecule has 1 fully saturated rings. The number of amides is 1. The van der Waals surface area contributed by atoms with Gasteiger partial charge in [-0.25, -0.2) is 4.99 Å². The molecule has 0 atom stereocenters. The average molecular weight is 270 g/mol. The second-order valence-corrected chi connectivity index (χ2v) is 4.41. The number of carbonyl (C=O) groups excluding carboxylic acids is 1. The van der Waals surface area contributed by atoms with E-state index >= 15 is 0 Å². The predicted octanol–water partition coefficient (Wildman–Crippen LogP) is 0.200. The summed E-state index contributed by atoms with van der Waals surface area (Å²) in [7, 11) is 0. The van der Waals surface area contributed by atoms with Crippen molar-refractivity contribution in [3.05, 3.63) is 0 Å². The van der Waals surface area contributed by atoms with Gasteiger partial charge in [0.25, 0.3) is 0 Å². The lowest BCUT2D eigenvalue weighted by atomic mass is 10.4. The molecule has 2 N–H and O–H groups in total. The van der Waals surface area contributed by atoms with Crippen molar-refractivity contribution >= 4 is 11.9 Å². The molecule has 1 aliphatic rings. The van der Waals surface area contributed by atoms with Gasteiger partial charge in [-0.05, 0) is 26.7 Å². The Morgan fingerprint density at radius 2 is 2.00 bits per heavy atom. The predicted molar refractivity (Wildman–Crippen MR) is 76.3 cm³/mol. The minimum Gasteiger partial charge on any atom is -0.380 e. The second-order valence-electron chi connectivity index (χ2n) is 4.41. The molecular weight excluding hydrogens is 244 g/mol. The zero-order chi connectivity index (χ0) is 13.9. The topological polar surface area (TPSA) is 66.0 Å². The smallest absolute Gasteiger partial charge is 0.244 e. The molecule has 1 amide bonds. The number of rotatable bonds is 7. The summed E-state index contributed by atoms with van der Waals surface area (Å²) in [6.45, 7) is 8.76. The Kier molecular flexibility index (Phi) is 7.97. The van der Waals surface area contributed by atoms with E-state index in [-0.39, 0.29) is 12.5 Å². The van der Waals surface area contributed by atoms with Gasteiger partial charge in [0.15, 0.2) is 5.96 Å². The van der Waals surface area contributed by atoms with Gasteiger partial charge in [0.05, 0.1) is 6.61 Å². The van der Waals surface area contributed by atoms with Gasteiger partial charge in [0.2, 0.25) is 5.91 Å². The highest BCUT2D eigenvalue weighted by atomic mass is 16.5. The highest BCUT2D eigenvalue weighted by Crippen LogP contribution is 2.07. The minimum absolute atomic E-state index is 0.111. The summed E-state index contributed by atoms with van der Waals surface area (Å²) in [6.07, 6.45) is 2.23. The number of nitrogens with one attached hydrogen (secondary N) is 2. The van der Waals surface area contributed by atoms with Gasteiger partial charge in [-0.15, -0.1) is 0 Å². The van der Waals surface area contributed by atoms with Crippen molar-refractivity contribution in [1.29, 1.82) is 0 Å². The van der Waals surface area contributed by atoms with Gasteiger partial charge in [-0.2, -0.15) is 0 Å². The molecule has 0 unspecified atom stereocenters. The fraction of sp³-hybridized carbons (Fsp3) is 0.846. The van der Waals surface area contributed by atoms with Crippen LogP contribution < -0.4 is 10.6 Å². The number of hydrogen-bond donors (Lipinski definition) is 2. The molecule has 1 rings (SSSR count). The summed E-state index contributed by atoms with van der Waals surface area (Å²) in [6, 6.07) is 0. The first-order chi connectivity index (χ1) is 9.27. The largest absolute Gasteiger partial charge is 0.380 e. The fourth-order valence-electron chi connectivity index (χ4n) is 1.94. The first-order valence-electron chi connectivity index (χ1n) is 7.15. The summed E-state index contributed by atoms with van der Waals surface area (Å²) in [4.78, 5) is 18.1. The summed E-state index contributed by atoms with van der Waals surface area (Å²) in [5, 5.41) is 6.26. The molecule has 0 spiro atoms. The number of likely N-dealkylation sites (tertiary alicyclic amines) is 1. The first kappa shape index (κ1) is 15.8. The molecule has 0 aliphatic carbocycles. The highest BCUT2D eigenvalue weighted by molar-refractivity contribution is 5.85. The van der Waals surface area contributed by atoms with Crippen LogP contribution in [0.5, 0.6) is 0 Å². The van der Waals surface area contributed by atoms with Crippen molar-refractivity contribution in [3.63, 3.8) is 0 Å². The maximum absolute atomic E-state index is 11.9. The molecule has 1 aliphatic heterocycles. The maximum Gasteiger partial charge on any atom is 0.244 e. The minimum atomic E-state index is 0.111. The highest BCUT2D eigenvalue weighted by Gasteiger charge is 2.17. The Balaban J connectivity index is 2.31. The van der Waals surface area contributed by atoms with Crippen molar-refractivity contribution in [2.24, 2.45) is 4.99 Å². The van der Waals surface area contributed by atoms with E-state index in [1.54, 1.807) is 0 Å². The molecule has 6 heteroatoms. The third kappa shape index (κ3) is 6.42. The van der Waals surface area contributed by atoms with E-state index in [0.29, 0.717) is 25.7 Å². The molecule has 0 bridgehead atoms. The molecule has 1 heterocycles. The molecule has 0 radical (unpaired) electrons. The van der Waals surface area contributed by atoms with Gasteiger partial charge >= 0.3 is 0 Å². The van der Waals surface area contributed by atoms with Crippen LogP contribution in [0.3, 0.4) is 0 Å². The maximum atomic E-state index is 11.9. The molecule has 0 aromatic carbocycles. The zero-order valence-corrected chi connectivity index (χ0v) is 12.1. The lowest BCUT2D eigenvalue weighted by Crippen LogP contribution is -2.40. The van der Waals surface area contributed by atoms with Crippen LogP contribution in [0.25, 0.3) is 0 Å². The molecular formula is C13H26N4O2. The Morgan fingerprint density at radius 3 is 2.63 bits per heavy atom. The number of carbonyl (C=O) groups is 1. The van der Waals surface area contributed by atoms with Gasteiger partial charge in [0.1, 0.15) is 6.54 Å². The molecule has 0 aromatic heterocycles. The normalized spacial score (nSPS) is 15.7. The lowest BCUT2D eigenvalue weighted by molar-refractivity contribution is -0.128. The Hall–Kier alpha value is -1.30. The van der Waals surface area contributed by atoms with Crippen molar-refractivity contribution in [2.75, 3.05) is 45.9 Å². The van der Waals surface area contributed by atoms with Crippen LogP contribution >= 0.6 is 0 Å². The van der Waals surface area contributed by atoms with E-state index in [1.165, 1.54) is 0 Å². The summed E-state index contributed by atoms with van der Waals surface area (Å²) >= 11 is 0. The Labute approximate surface area is 115 Å². The number of guanidine groups is 1. The lowest BCUT2D eigenvalue weighted by Gasteiger charge is -2.15. The van der Waals surface area contributed by atoms with Crippen LogP contribution in [-0.4, -0.2) is 62.7 Å². The van der Waals surface area contributed by atoms with E-state index in [0.717, 1.165) is 32.5 Å². The molecule has 6 nitrogen and oxygen atoms in total. The van der Waals surface area contributed by atoms with E-state index in [2.05, 4.69) is 15.6 Å². The van der Waals surface area contributed by atoms with Gasteiger partial charge in [-0.1, -0.05) is 0 Å². The fourth-order valence-corrected chi connectivity index (χ4v) is 1.94. The molecule has 110 valence electrons. The van der Waals surface area contributed by atoms with Crippen LogP contribution in [0.2, 0.25) is 0 Å². The Morgan fingerprint density at radius 1 is 1.26 bits per heavy atom. The van der Waals surface area contributed by atoms with E-state index in [1.807, 2.05) is 18.7 Å². The van der Waals surface area contributed by atoms with Crippen LogP contribution in [0, 0.1) is 0 Å². The molecule has 1 saturated heterocycles. The van der Waals surface area contributed by atoms with Crippen LogP contribution in [-0.2, 0) is 9.53 Å². The van der Waals surface area contributed by atoms with Crippen LogP contribution in [0.4, 0.5) is 0 Å². The van der Waals surface area contributed by atoms with Crippen molar-refractivity contribution in [2.45, 2.75) is 26.7 Å². The summed E-state index contributed by atoms with van der Waals surface area (Å²) in [5.41, 5.74) is 0. The van der Waals surface area contributed by atoms with Crippen molar-refractivity contribution in [1.82, 2.24) is 15.5 Å². The molecule has 0 saturated carbocycles. The third-order valence-corrected chi connectivity index (χ3v) is 2.92. The average Bonchev–Trinajstić information content (AvgIpc) is 2.94. The SMILES string of the molecule is CCNC(=NCC(=O)N1CCCC1)NCCOCC. The van der Waals surface area contributed by atoms with Gasteiger partial charge in [-0.3, -0.25) is 4.79 Å². The van der Waals surface area contributed by atoms with Crippen LogP contribution in [0.15, 0.2) is 4.99 Å². The summed E-state index contributed by atoms with van der Waals surface area (Å²) < 4.78 is 5.25. The summed E-state index contributed by atoms with van der Waals surface area (Å²) in [5.74, 6) is 0.786.